The lowest BCUT2D eigenvalue weighted by Crippen LogP contribution is -2.40. The molecule has 180 valence electrons. The van der Waals surface area contributed by atoms with Gasteiger partial charge < -0.3 is 24.0 Å². The highest BCUT2D eigenvalue weighted by atomic mass is 16.5. The van der Waals surface area contributed by atoms with E-state index in [9.17, 15) is 4.79 Å². The number of amides is 1. The second-order valence-electron chi connectivity index (χ2n) is 8.75. The summed E-state index contributed by atoms with van der Waals surface area (Å²) in [6.07, 6.45) is 11.1. The Morgan fingerprint density at radius 3 is 2.38 bits per heavy atom. The molecule has 2 rings (SSSR count). The molecule has 0 saturated heterocycles. The lowest BCUT2D eigenvalue weighted by molar-refractivity contribution is 0.00907. The van der Waals surface area contributed by atoms with Crippen molar-refractivity contribution >= 4 is 5.91 Å². The number of benzene rings is 1. The Morgan fingerprint density at radius 2 is 1.72 bits per heavy atom. The Kier molecular flexibility index (Phi) is 11.6. The molecule has 0 aromatic heterocycles. The zero-order valence-corrected chi connectivity index (χ0v) is 20.5. The Hall–Kier alpha value is -2.05. The van der Waals surface area contributed by atoms with Gasteiger partial charge in [-0.3, -0.25) is 4.79 Å². The topological polar surface area (TPSA) is 51.2 Å². The summed E-state index contributed by atoms with van der Waals surface area (Å²) in [5.74, 6) is 1.23. The molecule has 1 aromatic carbocycles. The van der Waals surface area contributed by atoms with Crippen molar-refractivity contribution in [1.82, 2.24) is 9.80 Å². The molecular formula is C26H42N2O4. The Labute approximate surface area is 194 Å². The molecule has 32 heavy (non-hydrogen) atoms. The number of hydrogen-bond acceptors (Lipinski definition) is 5. The number of hydrogen-bond donors (Lipinski definition) is 0. The zero-order chi connectivity index (χ0) is 23.3. The van der Waals surface area contributed by atoms with Gasteiger partial charge in [0.2, 0.25) is 0 Å². The van der Waals surface area contributed by atoms with Gasteiger partial charge in [0.1, 0.15) is 0 Å². The second-order valence-corrected chi connectivity index (χ2v) is 8.75. The molecule has 1 saturated carbocycles. The van der Waals surface area contributed by atoms with Gasteiger partial charge in [0.25, 0.3) is 5.91 Å². The minimum atomic E-state index is 0.0223. The number of unbranched alkanes of at least 4 members (excludes halogenated alkanes) is 3. The first-order chi connectivity index (χ1) is 15.5. The first-order valence-corrected chi connectivity index (χ1v) is 11.9. The Morgan fingerprint density at radius 1 is 1.03 bits per heavy atom. The van der Waals surface area contributed by atoms with E-state index in [0.717, 1.165) is 51.8 Å². The van der Waals surface area contributed by atoms with Crippen molar-refractivity contribution in [2.75, 3.05) is 48.0 Å². The first kappa shape index (κ1) is 26.2. The first-order valence-electron chi connectivity index (χ1n) is 11.9. The third kappa shape index (κ3) is 8.14. The van der Waals surface area contributed by atoms with E-state index in [1.807, 2.05) is 18.0 Å². The minimum absolute atomic E-state index is 0.0223. The maximum absolute atomic E-state index is 13.0. The number of carbonyl (C=O) groups excluding carboxylic acids is 1. The van der Waals surface area contributed by atoms with Gasteiger partial charge in [-0.1, -0.05) is 18.9 Å². The highest BCUT2D eigenvalue weighted by Gasteiger charge is 2.27. The molecule has 1 aromatic rings. The molecule has 1 aliphatic rings. The van der Waals surface area contributed by atoms with Gasteiger partial charge in [-0.15, -0.1) is 6.58 Å². The van der Waals surface area contributed by atoms with Crippen molar-refractivity contribution in [2.24, 2.45) is 0 Å². The summed E-state index contributed by atoms with van der Waals surface area (Å²) in [5.41, 5.74) is 0.624. The van der Waals surface area contributed by atoms with Crippen molar-refractivity contribution in [3.8, 4) is 11.5 Å². The fraction of sp³-hybridized carbons (Fsp3) is 0.654. The molecule has 0 radical (unpaired) electrons. The van der Waals surface area contributed by atoms with Crippen LogP contribution >= 0.6 is 0 Å². The predicted molar refractivity (Wildman–Crippen MR) is 130 cm³/mol. The van der Waals surface area contributed by atoms with E-state index in [-0.39, 0.29) is 11.9 Å². The van der Waals surface area contributed by atoms with Gasteiger partial charge in [-0.2, -0.15) is 0 Å². The SMILES string of the molecule is C=CCN(C)CCCCCCOC1CCC(N(C)C(=O)c2ccc(OC)c(OC)c2)CC1. The van der Waals surface area contributed by atoms with Crippen LogP contribution in [-0.4, -0.2) is 75.9 Å². The van der Waals surface area contributed by atoms with E-state index in [0.29, 0.717) is 23.2 Å². The number of likely N-dealkylation sites (N-methyl/N-ethyl adjacent to an activating group) is 1. The smallest absolute Gasteiger partial charge is 0.253 e. The van der Waals surface area contributed by atoms with Gasteiger partial charge in [-0.25, -0.2) is 0 Å². The molecule has 0 spiro atoms. The van der Waals surface area contributed by atoms with Gasteiger partial charge >= 0.3 is 0 Å². The Bertz CT molecular complexity index is 701. The van der Waals surface area contributed by atoms with E-state index in [1.165, 1.54) is 19.3 Å². The van der Waals surface area contributed by atoms with Crippen LogP contribution in [0.1, 0.15) is 61.7 Å². The summed E-state index contributed by atoms with van der Waals surface area (Å²) in [6, 6.07) is 5.59. The average molecular weight is 447 g/mol. The summed E-state index contributed by atoms with van der Waals surface area (Å²) in [7, 11) is 7.22. The van der Waals surface area contributed by atoms with E-state index in [2.05, 4.69) is 18.5 Å². The van der Waals surface area contributed by atoms with Crippen LogP contribution in [0.4, 0.5) is 0 Å². The molecule has 0 aliphatic heterocycles. The van der Waals surface area contributed by atoms with Gasteiger partial charge in [0, 0.05) is 31.8 Å². The summed E-state index contributed by atoms with van der Waals surface area (Å²) >= 11 is 0. The van der Waals surface area contributed by atoms with E-state index < -0.39 is 0 Å². The highest BCUT2D eigenvalue weighted by molar-refractivity contribution is 5.95. The van der Waals surface area contributed by atoms with Crippen LogP contribution in [0.15, 0.2) is 30.9 Å². The lowest BCUT2D eigenvalue weighted by Gasteiger charge is -2.34. The predicted octanol–water partition coefficient (Wildman–Crippen LogP) is 4.78. The van der Waals surface area contributed by atoms with Gasteiger partial charge in [0.05, 0.1) is 20.3 Å². The van der Waals surface area contributed by atoms with Crippen LogP contribution in [0.25, 0.3) is 0 Å². The molecular weight excluding hydrogens is 404 g/mol. The third-order valence-corrected chi connectivity index (χ3v) is 6.37. The summed E-state index contributed by atoms with van der Waals surface area (Å²) < 4.78 is 16.7. The summed E-state index contributed by atoms with van der Waals surface area (Å²) in [4.78, 5) is 17.1. The van der Waals surface area contributed by atoms with Crippen LogP contribution in [0.5, 0.6) is 11.5 Å². The maximum atomic E-state index is 13.0. The largest absolute Gasteiger partial charge is 0.493 e. The molecule has 0 heterocycles. The summed E-state index contributed by atoms with van der Waals surface area (Å²) in [6.45, 7) is 6.71. The highest BCUT2D eigenvalue weighted by Crippen LogP contribution is 2.30. The van der Waals surface area contributed by atoms with E-state index in [4.69, 9.17) is 14.2 Å². The van der Waals surface area contributed by atoms with Gasteiger partial charge in [0.15, 0.2) is 11.5 Å². The van der Waals surface area contributed by atoms with Crippen molar-refractivity contribution in [1.29, 1.82) is 0 Å². The molecule has 1 fully saturated rings. The van der Waals surface area contributed by atoms with Crippen LogP contribution in [0.3, 0.4) is 0 Å². The van der Waals surface area contributed by atoms with Crippen molar-refractivity contribution in [3.63, 3.8) is 0 Å². The number of nitrogens with zero attached hydrogens (tertiary/aromatic N) is 2. The lowest BCUT2D eigenvalue weighted by atomic mass is 9.91. The average Bonchev–Trinajstić information content (AvgIpc) is 2.82. The number of carbonyl (C=O) groups is 1. The third-order valence-electron chi connectivity index (χ3n) is 6.37. The number of rotatable bonds is 14. The fourth-order valence-electron chi connectivity index (χ4n) is 4.34. The van der Waals surface area contributed by atoms with Crippen LogP contribution < -0.4 is 9.47 Å². The minimum Gasteiger partial charge on any atom is -0.493 e. The van der Waals surface area contributed by atoms with Crippen LogP contribution in [-0.2, 0) is 4.74 Å². The van der Waals surface area contributed by atoms with Gasteiger partial charge in [-0.05, 0) is 70.3 Å². The van der Waals surface area contributed by atoms with E-state index in [1.54, 1.807) is 32.4 Å². The monoisotopic (exact) mass is 446 g/mol. The standard InChI is InChI=1S/C26H42N2O4/c1-6-17-27(2)18-9-7-8-10-19-32-23-14-12-22(13-15-23)28(3)26(29)21-11-16-24(30-4)25(20-21)31-5/h6,11,16,20,22-23H,1,7-10,12-15,17-19H2,2-5H3. The van der Waals surface area contributed by atoms with Crippen molar-refractivity contribution in [3.05, 3.63) is 36.4 Å². The van der Waals surface area contributed by atoms with Crippen LogP contribution in [0.2, 0.25) is 0 Å². The molecule has 1 amide bonds. The fourth-order valence-corrected chi connectivity index (χ4v) is 4.34. The molecule has 0 bridgehead atoms. The molecule has 0 N–H and O–H groups in total. The summed E-state index contributed by atoms with van der Waals surface area (Å²) in [5, 5.41) is 0. The maximum Gasteiger partial charge on any atom is 0.253 e. The van der Waals surface area contributed by atoms with E-state index >= 15 is 0 Å². The number of methoxy groups -OCH3 is 2. The quantitative estimate of drug-likeness (QED) is 0.304. The number of ether oxygens (including phenoxy) is 3. The second kappa shape index (κ2) is 14.2. The van der Waals surface area contributed by atoms with Crippen molar-refractivity contribution in [2.45, 2.75) is 63.5 Å². The molecule has 6 nitrogen and oxygen atoms in total. The zero-order valence-electron chi connectivity index (χ0n) is 20.5. The Balaban J connectivity index is 1.66. The van der Waals surface area contributed by atoms with Crippen molar-refractivity contribution < 1.29 is 19.0 Å². The normalized spacial score (nSPS) is 18.4. The molecule has 0 unspecified atom stereocenters. The molecule has 1 aliphatic carbocycles. The van der Waals surface area contributed by atoms with Crippen LogP contribution in [0, 0.1) is 0 Å². The molecule has 6 heteroatoms. The molecule has 0 atom stereocenters.